The van der Waals surface area contributed by atoms with Crippen LogP contribution in [0.1, 0.15) is 24.8 Å². The van der Waals surface area contributed by atoms with E-state index in [0.717, 1.165) is 32.0 Å². The average molecular weight is 278 g/mol. The summed E-state index contributed by atoms with van der Waals surface area (Å²) < 4.78 is 5.44. The number of hydrogen-bond donors (Lipinski definition) is 0. The summed E-state index contributed by atoms with van der Waals surface area (Å²) in [5, 5.41) is 9.44. The molecule has 19 heavy (non-hydrogen) atoms. The lowest BCUT2D eigenvalue weighted by atomic mass is 10.1. The molecule has 2 aliphatic rings. The molecular formula is C14H16ClN3O. The molecule has 5 heteroatoms. The molecule has 0 spiro atoms. The van der Waals surface area contributed by atoms with Crippen LogP contribution in [0.15, 0.2) is 12.3 Å². The maximum Gasteiger partial charge on any atom is 0.147 e. The molecular weight excluding hydrogens is 262 g/mol. The molecule has 1 aliphatic heterocycles. The highest BCUT2D eigenvalue weighted by molar-refractivity contribution is 6.33. The van der Waals surface area contributed by atoms with E-state index in [0.29, 0.717) is 22.5 Å². The Morgan fingerprint density at radius 3 is 2.89 bits per heavy atom. The highest BCUT2D eigenvalue weighted by Gasteiger charge is 2.33. The van der Waals surface area contributed by atoms with Crippen molar-refractivity contribution in [3.05, 3.63) is 22.8 Å². The lowest BCUT2D eigenvalue weighted by Gasteiger charge is -2.27. The maximum atomic E-state index is 8.86. The summed E-state index contributed by atoms with van der Waals surface area (Å²) in [4.78, 5) is 6.68. The van der Waals surface area contributed by atoms with Crippen molar-refractivity contribution in [3.63, 3.8) is 0 Å². The number of halogens is 1. The zero-order valence-electron chi connectivity index (χ0n) is 10.7. The zero-order chi connectivity index (χ0) is 13.2. The minimum atomic E-state index is 0.508. The van der Waals surface area contributed by atoms with Gasteiger partial charge in [0.2, 0.25) is 0 Å². The first kappa shape index (κ1) is 12.7. The molecule has 0 radical (unpaired) electrons. The van der Waals surface area contributed by atoms with Gasteiger partial charge in [0, 0.05) is 31.3 Å². The fraction of sp³-hybridized carbons (Fsp3) is 0.571. The fourth-order valence-corrected chi connectivity index (χ4v) is 2.78. The van der Waals surface area contributed by atoms with Crippen LogP contribution in [0.25, 0.3) is 0 Å². The van der Waals surface area contributed by atoms with E-state index in [1.165, 1.54) is 12.8 Å². The standard InChI is InChI=1S/C14H16ClN3O/c15-13-5-11(6-16)7-17-14(13)18(12-1-2-12)8-10-3-4-19-9-10/h5,7,10,12H,1-4,8-9H2/t10-/m1/s1. The minimum Gasteiger partial charge on any atom is -0.381 e. The van der Waals surface area contributed by atoms with Gasteiger partial charge in [0.05, 0.1) is 17.2 Å². The van der Waals surface area contributed by atoms with Gasteiger partial charge in [0.1, 0.15) is 11.9 Å². The van der Waals surface area contributed by atoms with Gasteiger partial charge in [0.15, 0.2) is 0 Å². The van der Waals surface area contributed by atoms with E-state index >= 15 is 0 Å². The summed E-state index contributed by atoms with van der Waals surface area (Å²) in [6.07, 6.45) is 5.11. The third-order valence-corrected chi connectivity index (χ3v) is 3.97. The summed E-state index contributed by atoms with van der Waals surface area (Å²) >= 11 is 6.27. The van der Waals surface area contributed by atoms with Crippen molar-refractivity contribution < 1.29 is 4.74 Å². The average Bonchev–Trinajstić information content (AvgIpc) is 3.14. The Balaban J connectivity index is 1.81. The normalized spacial score (nSPS) is 22.2. The van der Waals surface area contributed by atoms with Crippen LogP contribution in [0.3, 0.4) is 0 Å². The van der Waals surface area contributed by atoms with Crippen molar-refractivity contribution >= 4 is 17.4 Å². The quantitative estimate of drug-likeness (QED) is 0.849. The largest absolute Gasteiger partial charge is 0.381 e. The van der Waals surface area contributed by atoms with Crippen LogP contribution in [0.4, 0.5) is 5.82 Å². The zero-order valence-corrected chi connectivity index (χ0v) is 11.4. The van der Waals surface area contributed by atoms with Crippen LogP contribution in [0.2, 0.25) is 5.02 Å². The summed E-state index contributed by atoms with van der Waals surface area (Å²) in [7, 11) is 0. The van der Waals surface area contributed by atoms with Crippen molar-refractivity contribution in [1.29, 1.82) is 5.26 Å². The molecule has 1 aliphatic carbocycles. The Bertz CT molecular complexity index is 504. The number of ether oxygens (including phenoxy) is 1. The molecule has 100 valence electrons. The van der Waals surface area contributed by atoms with Gasteiger partial charge in [0.25, 0.3) is 0 Å². The van der Waals surface area contributed by atoms with Gasteiger partial charge in [-0.1, -0.05) is 11.6 Å². The molecule has 0 unspecified atom stereocenters. The van der Waals surface area contributed by atoms with E-state index in [4.69, 9.17) is 21.6 Å². The third-order valence-electron chi connectivity index (χ3n) is 3.69. The molecule has 0 aromatic carbocycles. The molecule has 3 rings (SSSR count). The summed E-state index contributed by atoms with van der Waals surface area (Å²) in [5.41, 5.74) is 0.508. The minimum absolute atomic E-state index is 0.508. The van der Waals surface area contributed by atoms with Gasteiger partial charge in [-0.25, -0.2) is 4.98 Å². The van der Waals surface area contributed by atoms with Crippen molar-refractivity contribution in [2.45, 2.75) is 25.3 Å². The third kappa shape index (κ3) is 2.83. The monoisotopic (exact) mass is 277 g/mol. The Kier molecular flexibility index (Phi) is 3.58. The van der Waals surface area contributed by atoms with E-state index < -0.39 is 0 Å². The van der Waals surface area contributed by atoms with Gasteiger partial charge < -0.3 is 9.64 Å². The molecule has 0 bridgehead atoms. The van der Waals surface area contributed by atoms with E-state index in [2.05, 4.69) is 16.0 Å². The number of hydrogen-bond acceptors (Lipinski definition) is 4. The van der Waals surface area contributed by atoms with E-state index in [-0.39, 0.29) is 0 Å². The molecule has 1 aromatic heterocycles. The topological polar surface area (TPSA) is 49.2 Å². The highest BCUT2D eigenvalue weighted by Crippen LogP contribution is 2.35. The van der Waals surface area contributed by atoms with Crippen LogP contribution in [-0.4, -0.2) is 30.8 Å². The smallest absolute Gasteiger partial charge is 0.147 e. The SMILES string of the molecule is N#Cc1cnc(N(C[C@H]2CCOC2)C2CC2)c(Cl)c1. The Hall–Kier alpha value is -1.31. The lowest BCUT2D eigenvalue weighted by Crippen LogP contribution is -2.32. The maximum absolute atomic E-state index is 8.86. The highest BCUT2D eigenvalue weighted by atomic mass is 35.5. The lowest BCUT2D eigenvalue weighted by molar-refractivity contribution is 0.186. The van der Waals surface area contributed by atoms with Crippen molar-refractivity contribution in [2.24, 2.45) is 5.92 Å². The number of aromatic nitrogens is 1. The van der Waals surface area contributed by atoms with Crippen LogP contribution >= 0.6 is 11.6 Å². The van der Waals surface area contributed by atoms with Gasteiger partial charge in [-0.3, -0.25) is 0 Å². The van der Waals surface area contributed by atoms with E-state index in [1.54, 1.807) is 12.3 Å². The molecule has 0 amide bonds. The molecule has 0 N–H and O–H groups in total. The molecule has 1 aromatic rings. The number of rotatable bonds is 4. The van der Waals surface area contributed by atoms with E-state index in [1.807, 2.05) is 0 Å². The van der Waals surface area contributed by atoms with Gasteiger partial charge in [-0.15, -0.1) is 0 Å². The van der Waals surface area contributed by atoms with Gasteiger partial charge in [-0.05, 0) is 25.3 Å². The molecule has 2 heterocycles. The predicted octanol–water partition coefficient (Wildman–Crippen LogP) is 2.61. The van der Waals surface area contributed by atoms with Crippen LogP contribution in [0, 0.1) is 17.2 Å². The molecule has 1 atom stereocenters. The summed E-state index contributed by atoms with van der Waals surface area (Å²) in [5.74, 6) is 1.38. The Morgan fingerprint density at radius 1 is 1.47 bits per heavy atom. The number of pyridine rings is 1. The number of nitriles is 1. The first-order valence-corrected chi connectivity index (χ1v) is 7.06. The van der Waals surface area contributed by atoms with E-state index in [9.17, 15) is 0 Å². The van der Waals surface area contributed by atoms with Crippen molar-refractivity contribution in [2.75, 3.05) is 24.7 Å². The first-order valence-electron chi connectivity index (χ1n) is 6.68. The second-order valence-corrected chi connectivity index (χ2v) is 5.66. The van der Waals surface area contributed by atoms with Crippen LogP contribution in [-0.2, 0) is 4.74 Å². The molecule has 2 fully saturated rings. The van der Waals surface area contributed by atoms with Gasteiger partial charge >= 0.3 is 0 Å². The Labute approximate surface area is 117 Å². The van der Waals surface area contributed by atoms with Crippen LogP contribution < -0.4 is 4.90 Å². The summed E-state index contributed by atoms with van der Waals surface area (Å²) in [6, 6.07) is 4.32. The fourth-order valence-electron chi connectivity index (χ4n) is 2.50. The second kappa shape index (κ2) is 5.36. The molecule has 1 saturated carbocycles. The number of nitrogens with zero attached hydrogens (tertiary/aromatic N) is 3. The summed E-state index contributed by atoms with van der Waals surface area (Å²) in [6.45, 7) is 2.64. The first-order chi connectivity index (χ1) is 9.28. The van der Waals surface area contributed by atoms with Crippen LogP contribution in [0.5, 0.6) is 0 Å². The van der Waals surface area contributed by atoms with Crippen molar-refractivity contribution in [3.8, 4) is 6.07 Å². The molecule has 1 saturated heterocycles. The number of anilines is 1. The Morgan fingerprint density at radius 2 is 2.32 bits per heavy atom. The predicted molar refractivity (Wildman–Crippen MR) is 73.3 cm³/mol. The van der Waals surface area contributed by atoms with Gasteiger partial charge in [-0.2, -0.15) is 5.26 Å². The molecule has 4 nitrogen and oxygen atoms in total. The van der Waals surface area contributed by atoms with Crippen molar-refractivity contribution in [1.82, 2.24) is 4.98 Å². The second-order valence-electron chi connectivity index (χ2n) is 5.25.